The molecule has 1 spiro atoms. The molecule has 32 heteroatoms. The van der Waals surface area contributed by atoms with E-state index in [1.165, 1.54) is 73.8 Å². The van der Waals surface area contributed by atoms with E-state index in [2.05, 4.69) is 16.0 Å². The molecule has 0 aromatic carbocycles. The lowest BCUT2D eigenvalue weighted by molar-refractivity contribution is -0.219. The summed E-state index contributed by atoms with van der Waals surface area (Å²) < 4.78 is 115. The molecule has 0 aromatic rings. The van der Waals surface area contributed by atoms with E-state index in [-0.39, 0.29) is 103 Å². The van der Waals surface area contributed by atoms with Gasteiger partial charge in [0.25, 0.3) is 0 Å². The van der Waals surface area contributed by atoms with Crippen molar-refractivity contribution in [3.05, 3.63) is 12.2 Å². The Hall–Kier alpha value is -7.18. The van der Waals surface area contributed by atoms with E-state index in [0.29, 0.717) is 38.5 Å². The molecule has 2 saturated heterocycles. The summed E-state index contributed by atoms with van der Waals surface area (Å²) in [7, 11) is 9.62. The highest BCUT2D eigenvalue weighted by molar-refractivity contribution is 6.01. The number of alkyl halides is 8. The van der Waals surface area contributed by atoms with Crippen LogP contribution in [0.5, 0.6) is 0 Å². The van der Waals surface area contributed by atoms with E-state index < -0.39 is 230 Å². The van der Waals surface area contributed by atoms with E-state index in [4.69, 9.17) is 0 Å². The van der Waals surface area contributed by atoms with Crippen LogP contribution in [0.25, 0.3) is 0 Å². The van der Waals surface area contributed by atoms with Gasteiger partial charge >= 0.3 is 12.4 Å². The highest BCUT2D eigenvalue weighted by Crippen LogP contribution is 2.46. The normalized spacial score (nSPS) is 32.8. The summed E-state index contributed by atoms with van der Waals surface area (Å²) in [6.45, 7) is 5.38. The minimum Gasteiger partial charge on any atom is -0.344 e. The highest BCUT2D eigenvalue weighted by Gasteiger charge is 2.56. The molecule has 107 heavy (non-hydrogen) atoms. The number of rotatable bonds is 12. The van der Waals surface area contributed by atoms with Gasteiger partial charge in [-0.3, -0.25) is 57.5 Å². The molecule has 0 aromatic heterocycles. The molecule has 3 N–H and O–H groups in total. The zero-order chi connectivity index (χ0) is 79.1. The minimum atomic E-state index is -5.20. The number of carbonyl (C=O) groups is 12. The van der Waals surface area contributed by atoms with Crippen molar-refractivity contribution in [2.24, 2.45) is 47.3 Å². The van der Waals surface area contributed by atoms with Crippen LogP contribution in [0.4, 0.5) is 35.1 Å². The Morgan fingerprint density at radius 1 is 0.617 bits per heavy atom. The topological polar surface area (TPSA) is 270 Å². The zero-order valence-electron chi connectivity index (χ0n) is 64.0. The number of hydrogen-bond acceptors (Lipinski definition) is 12. The quantitative estimate of drug-likeness (QED) is 0.136. The number of carbonyl (C=O) groups excluding carboxylic acids is 12. The van der Waals surface area contributed by atoms with Crippen molar-refractivity contribution in [1.82, 2.24) is 60.0 Å². The van der Waals surface area contributed by atoms with Gasteiger partial charge in [0.1, 0.15) is 72.1 Å². The molecule has 2 unspecified atom stereocenters. The van der Waals surface area contributed by atoms with Gasteiger partial charge in [-0.25, -0.2) is 8.78 Å². The summed E-state index contributed by atoms with van der Waals surface area (Å²) in [5.74, 6) is -16.7. The molecular formula is C75H114F8N12O12. The lowest BCUT2D eigenvalue weighted by atomic mass is 9.74. The molecule has 8 aliphatic rings. The number of fused-ring (bicyclic) bond motifs is 3. The lowest BCUT2D eigenvalue weighted by Crippen LogP contribution is -2.68. The second kappa shape index (κ2) is 36.1. The van der Waals surface area contributed by atoms with Gasteiger partial charge in [0.15, 0.2) is 0 Å². The summed E-state index contributed by atoms with van der Waals surface area (Å²) in [6.07, 6.45) is -10.1. The Balaban J connectivity index is 1.19. The van der Waals surface area contributed by atoms with Gasteiger partial charge in [-0.05, 0) is 158 Å². The van der Waals surface area contributed by atoms with Crippen molar-refractivity contribution in [2.45, 2.75) is 260 Å². The zero-order valence-corrected chi connectivity index (χ0v) is 64.0. The van der Waals surface area contributed by atoms with Gasteiger partial charge in [0, 0.05) is 69.0 Å². The number of likely N-dealkylation sites (N-methyl/N-ethyl adjacent to an activating group) is 7. The third kappa shape index (κ3) is 20.5. The van der Waals surface area contributed by atoms with Crippen LogP contribution in [0.3, 0.4) is 0 Å². The van der Waals surface area contributed by atoms with Crippen molar-refractivity contribution >= 4 is 70.9 Å². The molecule has 12 amide bonds. The third-order valence-electron chi connectivity index (χ3n) is 24.7. The number of amides is 12. The molecule has 602 valence electrons. The smallest absolute Gasteiger partial charge is 0.344 e. The maximum atomic E-state index is 15.6. The van der Waals surface area contributed by atoms with Crippen LogP contribution in [0.2, 0.25) is 0 Å². The van der Waals surface area contributed by atoms with Gasteiger partial charge < -0.3 is 60.0 Å². The molecule has 7 fully saturated rings. The van der Waals surface area contributed by atoms with Gasteiger partial charge in [-0.2, -0.15) is 26.3 Å². The predicted molar refractivity (Wildman–Crippen MR) is 377 cm³/mol. The maximum absolute atomic E-state index is 15.6. The second-order valence-corrected chi connectivity index (χ2v) is 32.4. The Bertz CT molecular complexity index is 3240. The Morgan fingerprint density at radius 3 is 1.78 bits per heavy atom. The third-order valence-corrected chi connectivity index (χ3v) is 24.7. The number of hydrogen-bond donors (Lipinski definition) is 3. The molecule has 3 heterocycles. The fourth-order valence-electron chi connectivity index (χ4n) is 17.2. The average molecular weight is 1530 g/mol. The van der Waals surface area contributed by atoms with Crippen LogP contribution in [0.15, 0.2) is 12.2 Å². The monoisotopic (exact) mass is 1530 g/mol. The van der Waals surface area contributed by atoms with E-state index in [1.807, 2.05) is 0 Å². The molecule has 12 atom stereocenters. The molecule has 8 rings (SSSR count). The minimum absolute atomic E-state index is 0.00617. The molecule has 0 radical (unpaired) electrons. The van der Waals surface area contributed by atoms with Crippen molar-refractivity contribution in [3.63, 3.8) is 0 Å². The molecule has 5 saturated carbocycles. The van der Waals surface area contributed by atoms with Crippen LogP contribution in [-0.2, 0) is 57.5 Å². The van der Waals surface area contributed by atoms with Gasteiger partial charge in [0.05, 0.1) is 25.4 Å². The van der Waals surface area contributed by atoms with Crippen molar-refractivity contribution < 1.29 is 92.7 Å². The Kier molecular flexibility index (Phi) is 28.8. The summed E-state index contributed by atoms with van der Waals surface area (Å²) in [6, 6.07) is -11.0. The van der Waals surface area contributed by atoms with E-state index in [1.54, 1.807) is 39.8 Å². The Morgan fingerprint density at radius 2 is 1.21 bits per heavy atom. The molecule has 5 aliphatic carbocycles. The largest absolute Gasteiger partial charge is 0.397 e. The van der Waals surface area contributed by atoms with Crippen molar-refractivity contribution in [2.75, 3.05) is 82.1 Å². The first-order chi connectivity index (χ1) is 50.2. The highest BCUT2D eigenvalue weighted by atomic mass is 19.4. The first-order valence-electron chi connectivity index (χ1n) is 38.6. The van der Waals surface area contributed by atoms with Gasteiger partial charge in [-0.15, -0.1) is 0 Å². The van der Waals surface area contributed by atoms with Gasteiger partial charge in [0.2, 0.25) is 70.9 Å². The van der Waals surface area contributed by atoms with Crippen molar-refractivity contribution in [1.29, 1.82) is 0 Å². The van der Waals surface area contributed by atoms with Crippen LogP contribution < -0.4 is 16.0 Å². The van der Waals surface area contributed by atoms with Crippen LogP contribution >= 0.6 is 0 Å². The van der Waals surface area contributed by atoms with Crippen molar-refractivity contribution in [3.8, 4) is 0 Å². The number of nitrogens with one attached hydrogen (secondary N) is 3. The van der Waals surface area contributed by atoms with E-state index in [9.17, 15) is 55.1 Å². The van der Waals surface area contributed by atoms with Crippen LogP contribution in [0.1, 0.15) is 182 Å². The van der Waals surface area contributed by atoms with Crippen LogP contribution in [0, 0.1) is 47.3 Å². The second-order valence-electron chi connectivity index (χ2n) is 32.4. The van der Waals surface area contributed by atoms with E-state index >= 15 is 37.5 Å². The molecular weight excluding hydrogens is 1410 g/mol. The molecule has 3 aliphatic heterocycles. The van der Waals surface area contributed by atoms with Crippen LogP contribution in [-0.4, -0.2) is 276 Å². The SMILES string of the molecule is CC[C@H](C)[C@@H]1NC(=O)[C@H](CC2CC2)N(C)C(=O)C[C@@H](C(=O)N(C)CC)N(C)C(=O)[C@H](C2CCCC2)N(C)C(=O)C2(CCC2)NC(=O)[C@@H]2C[C@H](C)CN2C(=O)[C@H](CCC2CC(F)C(C(F)(F)F)C(F)C2)NC(=O)CN(C)C(=O)[C@H](CC2CCC(C(F)(F)F)CC2)N2CC/C=C\C[C@@H](C2=O)N(C)C(=O)CN(C)C1=O. The predicted octanol–water partition coefficient (Wildman–Crippen LogP) is 6.73. The standard InChI is InChI=1S/C75H114F8N12O12/c1-12-44(4)62-70(105)89(7)42-60(98)90(8)53-22-15-14-18-33-94(69(53)104)57(38-46-25-28-49(29-26-46)74(78,79)80)68(103)88(6)41-58(96)84-52(30-27-47-35-50(76)61(51(77)36-47)75(81,82)83)66(101)95-40-43(3)34-55(95)65(100)86-73(31-19-32-73)72(107)93(11)63(48-20-16-17-21-48)71(106)92(10)56(67(102)87(5)13-2)39-59(97)91(9)54(64(99)85-62)37-45-23-24-45/h14-15,43-57,61-63H,12-13,16-42H2,1-11H3,(H,84,96)(H,85,99)(H,86,100)/b15-14-/t43-,44-,46?,47?,49?,50?,51?,52-,53-,54-,55-,56-,57-,61?,62-,63-/m0/s1. The number of nitrogens with zero attached hydrogens (tertiary/aromatic N) is 9. The molecule has 2 bridgehead atoms. The first kappa shape index (κ1) is 85.4. The molecule has 24 nitrogen and oxygen atoms in total. The summed E-state index contributed by atoms with van der Waals surface area (Å²) in [5, 5.41) is 8.48. The first-order valence-corrected chi connectivity index (χ1v) is 38.6. The average Bonchev–Trinajstić information content (AvgIpc) is 1.60. The summed E-state index contributed by atoms with van der Waals surface area (Å²) >= 11 is 0. The lowest BCUT2D eigenvalue weighted by Gasteiger charge is -2.47. The van der Waals surface area contributed by atoms with E-state index in [0.717, 1.165) is 32.4 Å². The Labute approximate surface area is 623 Å². The van der Waals surface area contributed by atoms with Gasteiger partial charge in [-0.1, -0.05) is 65.0 Å². The summed E-state index contributed by atoms with van der Waals surface area (Å²) in [5.41, 5.74) is -1.64. The summed E-state index contributed by atoms with van der Waals surface area (Å²) in [4.78, 5) is 192. The fourth-order valence-corrected chi connectivity index (χ4v) is 17.2. The maximum Gasteiger partial charge on any atom is 0.397 e. The fraction of sp³-hybridized carbons (Fsp3) is 0.813. The number of halogens is 8.